The van der Waals surface area contributed by atoms with Crippen molar-refractivity contribution in [3.05, 3.63) is 70.3 Å². The highest BCUT2D eigenvalue weighted by Crippen LogP contribution is 2.19. The first-order valence-corrected chi connectivity index (χ1v) is 7.52. The van der Waals surface area contributed by atoms with Crippen LogP contribution in [-0.4, -0.2) is 31.3 Å². The van der Waals surface area contributed by atoms with E-state index in [1.54, 1.807) is 24.3 Å². The van der Waals surface area contributed by atoms with Crippen molar-refractivity contribution in [3.63, 3.8) is 0 Å². The standard InChI is InChI=1S/C19H19NO4/c1-12-8-9-13(2)16(10-12)18(22)14-6-4-5-7-15(14)19(23)24-11-17(21)20-3/h4-10H,11H2,1-3H3,(H,20,21). The summed E-state index contributed by atoms with van der Waals surface area (Å²) in [6, 6.07) is 12.0. The third-order valence-corrected chi connectivity index (χ3v) is 3.64. The number of esters is 1. The van der Waals surface area contributed by atoms with E-state index in [0.29, 0.717) is 5.56 Å². The third-order valence-electron chi connectivity index (χ3n) is 3.64. The van der Waals surface area contributed by atoms with Gasteiger partial charge in [-0.15, -0.1) is 0 Å². The molecule has 5 heteroatoms. The molecule has 1 amide bonds. The van der Waals surface area contributed by atoms with Crippen LogP contribution in [0, 0.1) is 13.8 Å². The summed E-state index contributed by atoms with van der Waals surface area (Å²) in [6.07, 6.45) is 0. The Morgan fingerprint density at radius 1 is 0.958 bits per heavy atom. The number of benzene rings is 2. The van der Waals surface area contributed by atoms with Crippen molar-refractivity contribution in [2.75, 3.05) is 13.7 Å². The van der Waals surface area contributed by atoms with Gasteiger partial charge in [-0.05, 0) is 31.5 Å². The number of rotatable bonds is 5. The average molecular weight is 325 g/mol. The number of hydrogen-bond acceptors (Lipinski definition) is 4. The number of carbonyl (C=O) groups is 3. The van der Waals surface area contributed by atoms with Crippen molar-refractivity contribution in [2.45, 2.75) is 13.8 Å². The molecule has 2 aromatic carbocycles. The Hall–Kier alpha value is -2.95. The fourth-order valence-corrected chi connectivity index (χ4v) is 2.27. The van der Waals surface area contributed by atoms with Crippen LogP contribution in [-0.2, 0) is 9.53 Å². The van der Waals surface area contributed by atoms with E-state index in [4.69, 9.17) is 4.74 Å². The second-order valence-corrected chi connectivity index (χ2v) is 5.44. The monoisotopic (exact) mass is 325 g/mol. The van der Waals surface area contributed by atoms with E-state index in [0.717, 1.165) is 11.1 Å². The molecule has 0 unspecified atom stereocenters. The van der Waals surface area contributed by atoms with Gasteiger partial charge in [-0.2, -0.15) is 0 Å². The first-order valence-electron chi connectivity index (χ1n) is 7.52. The number of ketones is 1. The van der Waals surface area contributed by atoms with Crippen LogP contribution in [0.3, 0.4) is 0 Å². The number of aryl methyl sites for hydroxylation is 2. The Morgan fingerprint density at radius 3 is 2.29 bits per heavy atom. The molecule has 0 saturated heterocycles. The molecule has 0 aliphatic carbocycles. The lowest BCUT2D eigenvalue weighted by molar-refractivity contribution is -0.123. The molecule has 0 atom stereocenters. The van der Waals surface area contributed by atoms with Gasteiger partial charge in [0.1, 0.15) is 0 Å². The van der Waals surface area contributed by atoms with Gasteiger partial charge in [-0.3, -0.25) is 9.59 Å². The zero-order valence-electron chi connectivity index (χ0n) is 13.9. The van der Waals surface area contributed by atoms with Crippen LogP contribution < -0.4 is 5.32 Å². The van der Waals surface area contributed by atoms with Gasteiger partial charge < -0.3 is 10.1 Å². The molecule has 0 fully saturated rings. The second-order valence-electron chi connectivity index (χ2n) is 5.44. The summed E-state index contributed by atoms with van der Waals surface area (Å²) in [6.45, 7) is 3.36. The van der Waals surface area contributed by atoms with Crippen molar-refractivity contribution < 1.29 is 19.1 Å². The van der Waals surface area contributed by atoms with E-state index < -0.39 is 11.9 Å². The van der Waals surface area contributed by atoms with Crippen LogP contribution in [0.1, 0.15) is 37.4 Å². The largest absolute Gasteiger partial charge is 0.452 e. The molecule has 2 aromatic rings. The summed E-state index contributed by atoms with van der Waals surface area (Å²) in [5.41, 5.74) is 2.74. The fourth-order valence-electron chi connectivity index (χ4n) is 2.27. The smallest absolute Gasteiger partial charge is 0.339 e. The van der Waals surface area contributed by atoms with Gasteiger partial charge >= 0.3 is 5.97 Å². The first-order chi connectivity index (χ1) is 11.4. The molecule has 24 heavy (non-hydrogen) atoms. The van der Waals surface area contributed by atoms with E-state index in [1.807, 2.05) is 26.0 Å². The van der Waals surface area contributed by atoms with Gasteiger partial charge in [0, 0.05) is 18.2 Å². The Labute approximate surface area is 140 Å². The zero-order valence-corrected chi connectivity index (χ0v) is 13.9. The lowest BCUT2D eigenvalue weighted by Crippen LogP contribution is -2.25. The predicted octanol–water partition coefficient (Wildman–Crippen LogP) is 2.44. The maximum absolute atomic E-state index is 12.9. The van der Waals surface area contributed by atoms with Crippen molar-refractivity contribution in [3.8, 4) is 0 Å². The number of likely N-dealkylation sites (N-methyl/N-ethyl adjacent to an activating group) is 1. The number of ether oxygens (including phenoxy) is 1. The minimum atomic E-state index is -0.701. The molecular formula is C19H19NO4. The summed E-state index contributed by atoms with van der Waals surface area (Å²) in [5, 5.41) is 2.37. The number of hydrogen-bond donors (Lipinski definition) is 1. The Balaban J connectivity index is 2.34. The van der Waals surface area contributed by atoms with Crippen LogP contribution in [0.15, 0.2) is 42.5 Å². The highest BCUT2D eigenvalue weighted by Gasteiger charge is 2.20. The molecule has 5 nitrogen and oxygen atoms in total. The molecule has 0 heterocycles. The van der Waals surface area contributed by atoms with Crippen LogP contribution >= 0.6 is 0 Å². The Bertz CT molecular complexity index is 796. The molecule has 0 spiro atoms. The molecule has 124 valence electrons. The van der Waals surface area contributed by atoms with Crippen molar-refractivity contribution in [1.29, 1.82) is 0 Å². The van der Waals surface area contributed by atoms with Crippen LogP contribution in [0.25, 0.3) is 0 Å². The number of amides is 1. The second kappa shape index (κ2) is 7.55. The number of carbonyl (C=O) groups excluding carboxylic acids is 3. The molecule has 2 rings (SSSR count). The molecule has 1 N–H and O–H groups in total. The molecule has 0 aliphatic heterocycles. The summed E-state index contributed by atoms with van der Waals surface area (Å²) in [4.78, 5) is 36.3. The first kappa shape index (κ1) is 17.4. The van der Waals surface area contributed by atoms with Crippen molar-refractivity contribution in [1.82, 2.24) is 5.32 Å². The molecular weight excluding hydrogens is 306 g/mol. The summed E-state index contributed by atoms with van der Waals surface area (Å²) in [7, 11) is 1.45. The van der Waals surface area contributed by atoms with Crippen LogP contribution in [0.4, 0.5) is 0 Å². The maximum Gasteiger partial charge on any atom is 0.339 e. The SMILES string of the molecule is CNC(=O)COC(=O)c1ccccc1C(=O)c1cc(C)ccc1C. The number of nitrogens with one attached hydrogen (secondary N) is 1. The van der Waals surface area contributed by atoms with Crippen LogP contribution in [0.2, 0.25) is 0 Å². The Kier molecular flexibility index (Phi) is 5.47. The Morgan fingerprint density at radius 2 is 1.62 bits per heavy atom. The lowest BCUT2D eigenvalue weighted by atomic mass is 9.94. The lowest BCUT2D eigenvalue weighted by Gasteiger charge is -2.10. The van der Waals surface area contributed by atoms with Gasteiger partial charge in [0.15, 0.2) is 12.4 Å². The molecule has 0 aromatic heterocycles. The normalized spacial score (nSPS) is 10.1. The predicted molar refractivity (Wildman–Crippen MR) is 90.1 cm³/mol. The van der Waals surface area contributed by atoms with Crippen molar-refractivity contribution in [2.24, 2.45) is 0 Å². The minimum Gasteiger partial charge on any atom is -0.452 e. The van der Waals surface area contributed by atoms with Gasteiger partial charge in [-0.25, -0.2) is 4.79 Å². The van der Waals surface area contributed by atoms with E-state index >= 15 is 0 Å². The third kappa shape index (κ3) is 3.87. The minimum absolute atomic E-state index is 0.146. The summed E-state index contributed by atoms with van der Waals surface area (Å²) < 4.78 is 4.96. The highest BCUT2D eigenvalue weighted by molar-refractivity contribution is 6.15. The van der Waals surface area contributed by atoms with Gasteiger partial charge in [0.2, 0.25) is 0 Å². The molecule has 0 radical (unpaired) electrons. The van der Waals surface area contributed by atoms with E-state index in [1.165, 1.54) is 13.1 Å². The van der Waals surface area contributed by atoms with Gasteiger partial charge in [0.05, 0.1) is 5.56 Å². The van der Waals surface area contributed by atoms with Crippen LogP contribution in [0.5, 0.6) is 0 Å². The van der Waals surface area contributed by atoms with E-state index in [2.05, 4.69) is 5.32 Å². The molecule has 0 saturated carbocycles. The van der Waals surface area contributed by atoms with Gasteiger partial charge in [-0.1, -0.05) is 35.9 Å². The quantitative estimate of drug-likeness (QED) is 0.677. The topological polar surface area (TPSA) is 72.5 Å². The summed E-state index contributed by atoms with van der Waals surface area (Å²) in [5.74, 6) is -1.36. The maximum atomic E-state index is 12.9. The van der Waals surface area contributed by atoms with E-state index in [-0.39, 0.29) is 23.5 Å². The molecule has 0 aliphatic rings. The molecule has 0 bridgehead atoms. The van der Waals surface area contributed by atoms with E-state index in [9.17, 15) is 14.4 Å². The summed E-state index contributed by atoms with van der Waals surface area (Å²) >= 11 is 0. The highest BCUT2D eigenvalue weighted by atomic mass is 16.5. The fraction of sp³-hybridized carbons (Fsp3) is 0.211. The van der Waals surface area contributed by atoms with Gasteiger partial charge in [0.25, 0.3) is 5.91 Å². The average Bonchev–Trinajstić information content (AvgIpc) is 2.60. The zero-order chi connectivity index (χ0) is 17.7. The van der Waals surface area contributed by atoms with Crippen molar-refractivity contribution >= 4 is 17.7 Å².